The minimum atomic E-state index is -4.78. The minimum absolute atomic E-state index is 0.0373. The van der Waals surface area contributed by atoms with Gasteiger partial charge in [-0.3, -0.25) is 19.4 Å². The molecule has 33 heavy (non-hydrogen) atoms. The molecule has 4 rings (SSSR count). The number of ether oxygens (including phenoxy) is 1. The first-order chi connectivity index (χ1) is 15.6. The molecule has 174 valence electrons. The number of esters is 1. The molecule has 2 amide bonds. The third kappa shape index (κ3) is 4.89. The van der Waals surface area contributed by atoms with Crippen molar-refractivity contribution in [1.29, 1.82) is 0 Å². The Morgan fingerprint density at radius 3 is 2.61 bits per heavy atom. The molecule has 1 N–H and O–H groups in total. The molecule has 2 aliphatic rings. The third-order valence-corrected chi connectivity index (χ3v) is 5.32. The number of nitrogens with zero attached hydrogens (tertiary/aromatic N) is 3. The molecular formula is C21H18F4N4O4. The maximum atomic E-state index is 13.9. The van der Waals surface area contributed by atoms with Crippen LogP contribution in [0.1, 0.15) is 17.7 Å². The Morgan fingerprint density at radius 2 is 1.88 bits per heavy atom. The Kier molecular flexibility index (Phi) is 5.91. The molecule has 2 aliphatic heterocycles. The van der Waals surface area contributed by atoms with Gasteiger partial charge < -0.3 is 19.9 Å². The van der Waals surface area contributed by atoms with E-state index in [9.17, 15) is 31.9 Å². The van der Waals surface area contributed by atoms with Crippen molar-refractivity contribution in [3.8, 4) is 5.75 Å². The molecule has 12 heteroatoms. The summed E-state index contributed by atoms with van der Waals surface area (Å²) in [6.45, 7) is 0.942. The number of carbonyl (C=O) groups excluding carboxylic acids is 3. The van der Waals surface area contributed by atoms with E-state index in [0.29, 0.717) is 24.7 Å². The van der Waals surface area contributed by atoms with Crippen molar-refractivity contribution in [2.75, 3.05) is 36.4 Å². The Balaban J connectivity index is 1.38. The summed E-state index contributed by atoms with van der Waals surface area (Å²) in [4.78, 5) is 43.3. The van der Waals surface area contributed by atoms with Crippen molar-refractivity contribution >= 4 is 29.2 Å². The predicted octanol–water partition coefficient (Wildman–Crippen LogP) is 2.38. The van der Waals surface area contributed by atoms with Crippen LogP contribution in [0.15, 0.2) is 30.5 Å². The van der Waals surface area contributed by atoms with Crippen molar-refractivity contribution in [2.45, 2.75) is 19.0 Å². The average Bonchev–Trinajstić information content (AvgIpc) is 2.95. The van der Waals surface area contributed by atoms with E-state index in [1.165, 1.54) is 23.2 Å². The number of rotatable bonds is 2. The topological polar surface area (TPSA) is 91.8 Å². The monoisotopic (exact) mass is 466 g/mol. The molecule has 0 saturated carbocycles. The molecule has 0 radical (unpaired) electrons. The zero-order valence-corrected chi connectivity index (χ0v) is 17.1. The number of fused-ring (bicyclic) bond motifs is 1. The Labute approximate surface area is 185 Å². The van der Waals surface area contributed by atoms with Gasteiger partial charge in [-0.05, 0) is 24.6 Å². The highest BCUT2D eigenvalue weighted by Gasteiger charge is 2.34. The molecule has 0 aliphatic carbocycles. The maximum Gasteiger partial charge on any atom is 0.419 e. The average molecular weight is 466 g/mol. The Bertz CT molecular complexity index is 1120. The fourth-order valence-electron chi connectivity index (χ4n) is 3.70. The van der Waals surface area contributed by atoms with Crippen molar-refractivity contribution < 1.29 is 36.7 Å². The second-order valence-corrected chi connectivity index (χ2v) is 7.57. The lowest BCUT2D eigenvalue weighted by Gasteiger charge is -2.24. The zero-order chi connectivity index (χ0) is 23.8. The summed E-state index contributed by atoms with van der Waals surface area (Å²) < 4.78 is 57.2. The zero-order valence-electron chi connectivity index (χ0n) is 17.1. The normalized spacial score (nSPS) is 16.2. The molecule has 0 atom stereocenters. The molecule has 3 heterocycles. The van der Waals surface area contributed by atoms with Gasteiger partial charge in [0.05, 0.1) is 29.6 Å². The third-order valence-electron chi connectivity index (χ3n) is 5.32. The van der Waals surface area contributed by atoms with Crippen LogP contribution >= 0.6 is 0 Å². The molecular weight excluding hydrogens is 448 g/mol. The van der Waals surface area contributed by atoms with Crippen LogP contribution < -0.4 is 15.0 Å². The summed E-state index contributed by atoms with van der Waals surface area (Å²) in [6, 6.07) is 4.10. The fourth-order valence-corrected chi connectivity index (χ4v) is 3.70. The molecule has 0 bridgehead atoms. The lowest BCUT2D eigenvalue weighted by molar-refractivity contribution is -0.143. The van der Waals surface area contributed by atoms with Crippen LogP contribution in [-0.4, -0.2) is 53.8 Å². The standard InChI is InChI=1S/C21H18F4N4O4/c22-15-9-13(2-3-14(15)21(23,24)25)28-4-1-5-29(7-6-28)20(32)19(31)27-12-8-17-16(26-11-12)10-18(30)33-17/h2-3,8-9,11H,1,4-7,10H2,(H,27,31). The number of anilines is 2. The second kappa shape index (κ2) is 8.68. The van der Waals surface area contributed by atoms with Crippen molar-refractivity contribution in [1.82, 2.24) is 9.88 Å². The van der Waals surface area contributed by atoms with Crippen LogP contribution in [0.5, 0.6) is 5.75 Å². The Hall–Kier alpha value is -3.70. The molecule has 1 aromatic heterocycles. The van der Waals surface area contributed by atoms with Crippen LogP contribution in [0.2, 0.25) is 0 Å². The quantitative estimate of drug-likeness (QED) is 0.415. The van der Waals surface area contributed by atoms with E-state index >= 15 is 0 Å². The fraction of sp³-hybridized carbons (Fsp3) is 0.333. The summed E-state index contributed by atoms with van der Waals surface area (Å²) in [5, 5.41) is 2.42. The molecule has 1 saturated heterocycles. The number of halogens is 4. The van der Waals surface area contributed by atoms with E-state index < -0.39 is 35.3 Å². The molecule has 1 fully saturated rings. The number of carbonyl (C=O) groups is 3. The molecule has 8 nitrogen and oxygen atoms in total. The van der Waals surface area contributed by atoms with Crippen molar-refractivity contribution in [2.24, 2.45) is 0 Å². The lowest BCUT2D eigenvalue weighted by atomic mass is 10.1. The van der Waals surface area contributed by atoms with Crippen LogP contribution in [0.3, 0.4) is 0 Å². The van der Waals surface area contributed by atoms with Gasteiger partial charge in [0.1, 0.15) is 5.82 Å². The predicted molar refractivity (Wildman–Crippen MR) is 107 cm³/mol. The molecule has 2 aromatic rings. The van der Waals surface area contributed by atoms with Gasteiger partial charge in [0, 0.05) is 37.9 Å². The lowest BCUT2D eigenvalue weighted by Crippen LogP contribution is -2.41. The number of aromatic nitrogens is 1. The van der Waals surface area contributed by atoms with Crippen LogP contribution in [0.25, 0.3) is 0 Å². The van der Waals surface area contributed by atoms with Crippen LogP contribution in [0, 0.1) is 5.82 Å². The first kappa shape index (κ1) is 22.5. The summed E-state index contributed by atoms with van der Waals surface area (Å²) in [5.41, 5.74) is -0.446. The van der Waals surface area contributed by atoms with E-state index in [4.69, 9.17) is 4.74 Å². The summed E-state index contributed by atoms with van der Waals surface area (Å²) in [6.07, 6.45) is -3.00. The van der Waals surface area contributed by atoms with E-state index in [-0.39, 0.29) is 43.2 Å². The van der Waals surface area contributed by atoms with Gasteiger partial charge in [0.15, 0.2) is 5.75 Å². The number of benzene rings is 1. The highest BCUT2D eigenvalue weighted by atomic mass is 19.4. The van der Waals surface area contributed by atoms with Crippen LogP contribution in [-0.2, 0) is 27.0 Å². The highest BCUT2D eigenvalue weighted by molar-refractivity contribution is 6.39. The van der Waals surface area contributed by atoms with Crippen LogP contribution in [0.4, 0.5) is 28.9 Å². The number of hydrogen-bond donors (Lipinski definition) is 1. The SMILES string of the molecule is O=C1Cc2ncc(NC(=O)C(=O)N3CCCN(c4ccc(C(F)(F)F)c(F)c4)CC3)cc2O1. The number of amides is 2. The number of nitrogens with one attached hydrogen (secondary N) is 1. The second-order valence-electron chi connectivity index (χ2n) is 7.57. The first-order valence-electron chi connectivity index (χ1n) is 10.0. The van der Waals surface area contributed by atoms with Crippen molar-refractivity contribution in [3.05, 3.63) is 47.5 Å². The molecule has 0 unspecified atom stereocenters. The number of alkyl halides is 3. The van der Waals surface area contributed by atoms with E-state index in [2.05, 4.69) is 10.3 Å². The van der Waals surface area contributed by atoms with Gasteiger partial charge >= 0.3 is 24.0 Å². The largest absolute Gasteiger partial charge is 0.424 e. The number of hydrogen-bond acceptors (Lipinski definition) is 6. The summed E-state index contributed by atoms with van der Waals surface area (Å²) >= 11 is 0. The van der Waals surface area contributed by atoms with Gasteiger partial charge in [-0.15, -0.1) is 0 Å². The van der Waals surface area contributed by atoms with Gasteiger partial charge in [0.25, 0.3) is 0 Å². The smallest absolute Gasteiger partial charge is 0.419 e. The maximum absolute atomic E-state index is 13.9. The van der Waals surface area contributed by atoms with Gasteiger partial charge in [0.2, 0.25) is 0 Å². The highest BCUT2D eigenvalue weighted by Crippen LogP contribution is 2.33. The summed E-state index contributed by atoms with van der Waals surface area (Å²) in [7, 11) is 0. The van der Waals surface area contributed by atoms with E-state index in [1.807, 2.05) is 0 Å². The molecule has 1 aromatic carbocycles. The van der Waals surface area contributed by atoms with Gasteiger partial charge in [-0.1, -0.05) is 0 Å². The Morgan fingerprint density at radius 1 is 1.09 bits per heavy atom. The van der Waals surface area contributed by atoms with Crippen molar-refractivity contribution in [3.63, 3.8) is 0 Å². The number of pyridine rings is 1. The van der Waals surface area contributed by atoms with Gasteiger partial charge in [-0.25, -0.2) is 4.39 Å². The first-order valence-corrected chi connectivity index (χ1v) is 10.0. The minimum Gasteiger partial charge on any atom is -0.424 e. The van der Waals surface area contributed by atoms with E-state index in [0.717, 1.165) is 6.07 Å². The molecule has 0 spiro atoms. The summed E-state index contributed by atoms with van der Waals surface area (Å²) in [5.74, 6) is -3.31. The van der Waals surface area contributed by atoms with Gasteiger partial charge in [-0.2, -0.15) is 13.2 Å². The van der Waals surface area contributed by atoms with E-state index in [1.54, 1.807) is 4.90 Å².